The van der Waals surface area contributed by atoms with Gasteiger partial charge >= 0.3 is 0 Å². The number of fused-ring (bicyclic) bond motifs is 3. The van der Waals surface area contributed by atoms with Crippen LogP contribution in [-0.2, 0) is 6.54 Å². The van der Waals surface area contributed by atoms with Gasteiger partial charge in [0.2, 0.25) is 0 Å². The molecule has 4 rings (SSSR count). The van der Waals surface area contributed by atoms with E-state index in [0.717, 1.165) is 12.1 Å². The Balaban J connectivity index is 2.00. The second kappa shape index (κ2) is 5.19. The zero-order valence-corrected chi connectivity index (χ0v) is 12.4. The molecule has 0 saturated heterocycles. The largest absolute Gasteiger partial charge is 0.336 e. The molecular formula is C21H17N. The van der Waals surface area contributed by atoms with Crippen molar-refractivity contribution in [1.29, 1.82) is 0 Å². The lowest BCUT2D eigenvalue weighted by Gasteiger charge is -2.07. The molecule has 0 saturated carbocycles. The molecule has 0 aliphatic carbocycles. The number of hydrogen-bond acceptors (Lipinski definition) is 0. The summed E-state index contributed by atoms with van der Waals surface area (Å²) in [4.78, 5) is 0. The number of nitrogens with zero attached hydrogens (tertiary/aromatic N) is 1. The Bertz CT molecular complexity index is 961. The molecule has 3 aromatic carbocycles. The molecule has 0 aliphatic heterocycles. The third-order valence-electron chi connectivity index (χ3n) is 4.22. The first-order valence-electron chi connectivity index (χ1n) is 7.54. The number of benzene rings is 3. The molecule has 22 heavy (non-hydrogen) atoms. The molecule has 0 unspecified atom stereocenters. The summed E-state index contributed by atoms with van der Waals surface area (Å²) in [5, 5.41) is 2.60. The van der Waals surface area contributed by atoms with Crippen LogP contribution in [0.25, 0.3) is 27.9 Å². The first-order valence-corrected chi connectivity index (χ1v) is 7.54. The van der Waals surface area contributed by atoms with Crippen LogP contribution in [0.5, 0.6) is 0 Å². The predicted molar refractivity (Wildman–Crippen MR) is 95.1 cm³/mol. The second-order valence-corrected chi connectivity index (χ2v) is 5.57. The number of para-hydroxylation sites is 1. The molecule has 0 spiro atoms. The fraction of sp³-hybridized carbons (Fsp3) is 0.0476. The Kier molecular flexibility index (Phi) is 3.05. The minimum Gasteiger partial charge on any atom is -0.336 e. The Morgan fingerprint density at radius 3 is 2.32 bits per heavy atom. The minimum absolute atomic E-state index is 0.887. The Morgan fingerprint density at radius 1 is 0.773 bits per heavy atom. The van der Waals surface area contributed by atoms with Gasteiger partial charge in [0, 0.05) is 28.4 Å². The van der Waals surface area contributed by atoms with Crippen LogP contribution in [0.2, 0.25) is 0 Å². The molecule has 0 aliphatic rings. The summed E-state index contributed by atoms with van der Waals surface area (Å²) in [6.07, 6.45) is 1.91. The lowest BCUT2D eigenvalue weighted by atomic mass is 10.1. The van der Waals surface area contributed by atoms with Crippen molar-refractivity contribution in [1.82, 2.24) is 4.57 Å². The fourth-order valence-corrected chi connectivity index (χ4v) is 3.13. The molecule has 0 bridgehead atoms. The van der Waals surface area contributed by atoms with E-state index in [4.69, 9.17) is 0 Å². The van der Waals surface area contributed by atoms with E-state index >= 15 is 0 Å². The first-order chi connectivity index (χ1) is 10.9. The van der Waals surface area contributed by atoms with Gasteiger partial charge in [-0.1, -0.05) is 67.3 Å². The van der Waals surface area contributed by atoms with Crippen LogP contribution >= 0.6 is 0 Å². The van der Waals surface area contributed by atoms with Gasteiger partial charge in [0.1, 0.15) is 0 Å². The highest BCUT2D eigenvalue weighted by Gasteiger charge is 2.10. The summed E-state index contributed by atoms with van der Waals surface area (Å²) >= 11 is 0. The van der Waals surface area contributed by atoms with Crippen molar-refractivity contribution >= 4 is 27.9 Å². The Hall–Kier alpha value is -2.80. The lowest BCUT2D eigenvalue weighted by Crippen LogP contribution is -1.98. The monoisotopic (exact) mass is 283 g/mol. The molecule has 1 aromatic heterocycles. The standard InChI is InChI=1S/C21H17N/c1-2-16-12-13-21-19(14-16)18-10-6-7-11-20(18)22(21)15-17-8-4-3-5-9-17/h2-14H,1,15H2. The first kappa shape index (κ1) is 12.9. The zero-order chi connectivity index (χ0) is 14.9. The lowest BCUT2D eigenvalue weighted by molar-refractivity contribution is 0.869. The molecule has 1 heteroatoms. The fourth-order valence-electron chi connectivity index (χ4n) is 3.13. The molecule has 1 heterocycles. The summed E-state index contributed by atoms with van der Waals surface area (Å²) in [7, 11) is 0. The molecule has 0 atom stereocenters. The summed E-state index contributed by atoms with van der Waals surface area (Å²) in [5.41, 5.74) is 5.03. The molecule has 0 amide bonds. The van der Waals surface area contributed by atoms with E-state index in [9.17, 15) is 0 Å². The van der Waals surface area contributed by atoms with Crippen LogP contribution in [0.3, 0.4) is 0 Å². The van der Waals surface area contributed by atoms with E-state index in [2.05, 4.69) is 83.9 Å². The summed E-state index contributed by atoms with van der Waals surface area (Å²) in [6.45, 7) is 4.77. The van der Waals surface area contributed by atoms with Gasteiger partial charge in [0.25, 0.3) is 0 Å². The van der Waals surface area contributed by atoms with E-state index in [1.807, 2.05) is 6.08 Å². The van der Waals surface area contributed by atoms with Gasteiger partial charge in [-0.15, -0.1) is 0 Å². The average molecular weight is 283 g/mol. The van der Waals surface area contributed by atoms with Crippen LogP contribution in [0, 0.1) is 0 Å². The van der Waals surface area contributed by atoms with Crippen molar-refractivity contribution in [3.8, 4) is 0 Å². The van der Waals surface area contributed by atoms with Gasteiger partial charge in [-0.25, -0.2) is 0 Å². The van der Waals surface area contributed by atoms with Gasteiger partial charge in [0.05, 0.1) is 0 Å². The van der Waals surface area contributed by atoms with Gasteiger partial charge in [-0.05, 0) is 29.3 Å². The van der Waals surface area contributed by atoms with Gasteiger partial charge in [-0.2, -0.15) is 0 Å². The topological polar surface area (TPSA) is 4.93 Å². The third-order valence-corrected chi connectivity index (χ3v) is 4.22. The molecule has 0 fully saturated rings. The molecule has 106 valence electrons. The maximum Gasteiger partial charge on any atom is 0.0494 e. The average Bonchev–Trinajstić information content (AvgIpc) is 2.89. The van der Waals surface area contributed by atoms with Crippen LogP contribution in [0.1, 0.15) is 11.1 Å². The summed E-state index contributed by atoms with van der Waals surface area (Å²) in [5.74, 6) is 0. The number of aromatic nitrogens is 1. The minimum atomic E-state index is 0.887. The van der Waals surface area contributed by atoms with Gasteiger partial charge in [-0.3, -0.25) is 0 Å². The summed E-state index contributed by atoms with van der Waals surface area (Å²) < 4.78 is 2.40. The predicted octanol–water partition coefficient (Wildman–Crippen LogP) is 5.49. The Morgan fingerprint density at radius 2 is 1.50 bits per heavy atom. The van der Waals surface area contributed by atoms with Crippen molar-refractivity contribution in [2.45, 2.75) is 6.54 Å². The second-order valence-electron chi connectivity index (χ2n) is 5.57. The molecule has 0 N–H and O–H groups in total. The molecular weight excluding hydrogens is 266 g/mol. The van der Waals surface area contributed by atoms with Crippen molar-refractivity contribution < 1.29 is 0 Å². The SMILES string of the molecule is C=Cc1ccc2c(c1)c1ccccc1n2Cc1ccccc1. The smallest absolute Gasteiger partial charge is 0.0494 e. The van der Waals surface area contributed by atoms with E-state index < -0.39 is 0 Å². The van der Waals surface area contributed by atoms with E-state index in [1.54, 1.807) is 0 Å². The zero-order valence-electron chi connectivity index (χ0n) is 12.4. The highest BCUT2D eigenvalue weighted by atomic mass is 15.0. The molecule has 0 radical (unpaired) electrons. The van der Waals surface area contributed by atoms with Crippen LogP contribution in [-0.4, -0.2) is 4.57 Å². The van der Waals surface area contributed by atoms with Crippen molar-refractivity contribution in [3.05, 3.63) is 90.5 Å². The van der Waals surface area contributed by atoms with E-state index in [1.165, 1.54) is 27.4 Å². The summed E-state index contributed by atoms with van der Waals surface area (Å²) in [6, 6.07) is 25.8. The molecule has 4 aromatic rings. The Labute approximate surface area is 130 Å². The highest BCUT2D eigenvalue weighted by Crippen LogP contribution is 2.30. The van der Waals surface area contributed by atoms with Crippen LogP contribution in [0.4, 0.5) is 0 Å². The van der Waals surface area contributed by atoms with Crippen molar-refractivity contribution in [3.63, 3.8) is 0 Å². The maximum atomic E-state index is 3.89. The number of rotatable bonds is 3. The normalized spacial score (nSPS) is 11.1. The van der Waals surface area contributed by atoms with E-state index in [-0.39, 0.29) is 0 Å². The van der Waals surface area contributed by atoms with E-state index in [0.29, 0.717) is 0 Å². The van der Waals surface area contributed by atoms with Crippen molar-refractivity contribution in [2.24, 2.45) is 0 Å². The van der Waals surface area contributed by atoms with Gasteiger partial charge in [0.15, 0.2) is 0 Å². The number of hydrogen-bond donors (Lipinski definition) is 0. The third kappa shape index (κ3) is 2.03. The van der Waals surface area contributed by atoms with Crippen LogP contribution < -0.4 is 0 Å². The molecule has 1 nitrogen and oxygen atoms in total. The highest BCUT2D eigenvalue weighted by molar-refractivity contribution is 6.08. The quantitative estimate of drug-likeness (QED) is 0.469. The maximum absolute atomic E-state index is 3.89. The van der Waals surface area contributed by atoms with Crippen molar-refractivity contribution in [2.75, 3.05) is 0 Å². The van der Waals surface area contributed by atoms with Crippen LogP contribution in [0.15, 0.2) is 79.4 Å². The van der Waals surface area contributed by atoms with Gasteiger partial charge < -0.3 is 4.57 Å².